The average molecular weight is 768 g/mol. The Bertz CT molecular complexity index is 3580. The van der Waals surface area contributed by atoms with Gasteiger partial charge in [0, 0.05) is 38.2 Å². The van der Waals surface area contributed by atoms with Crippen molar-refractivity contribution in [2.24, 2.45) is 0 Å². The van der Waals surface area contributed by atoms with Gasteiger partial charge in [0.2, 0.25) is 0 Å². The van der Waals surface area contributed by atoms with Crippen LogP contribution in [0, 0.1) is 0 Å². The van der Waals surface area contributed by atoms with E-state index in [0.29, 0.717) is 17.5 Å². The van der Waals surface area contributed by atoms with E-state index in [1.165, 1.54) is 16.3 Å². The molecule has 60 heavy (non-hydrogen) atoms. The molecule has 3 heterocycles. The fraction of sp³-hybridized carbons (Fsp3) is 0. The van der Waals surface area contributed by atoms with E-state index < -0.39 is 0 Å². The second-order valence-corrected chi connectivity index (χ2v) is 15.1. The van der Waals surface area contributed by atoms with Gasteiger partial charge >= 0.3 is 0 Å². The van der Waals surface area contributed by atoms with E-state index in [4.69, 9.17) is 23.8 Å². The van der Waals surface area contributed by atoms with Crippen LogP contribution < -0.4 is 0 Å². The van der Waals surface area contributed by atoms with Crippen molar-refractivity contribution in [3.8, 4) is 67.5 Å². The van der Waals surface area contributed by atoms with Gasteiger partial charge in [-0.05, 0) is 74.5 Å². The summed E-state index contributed by atoms with van der Waals surface area (Å²) in [6.45, 7) is 0. The van der Waals surface area contributed by atoms with Gasteiger partial charge in [-0.25, -0.2) is 15.0 Å². The molecule has 0 radical (unpaired) electrons. The lowest BCUT2D eigenvalue weighted by molar-refractivity contribution is 0.668. The van der Waals surface area contributed by atoms with E-state index in [0.717, 1.165) is 88.4 Å². The van der Waals surface area contributed by atoms with Gasteiger partial charge < -0.3 is 8.83 Å². The van der Waals surface area contributed by atoms with Crippen LogP contribution in [0.25, 0.3) is 122 Å². The van der Waals surface area contributed by atoms with Gasteiger partial charge in [-0.2, -0.15) is 0 Å². The minimum absolute atomic E-state index is 0.582. The Morgan fingerprint density at radius 1 is 0.267 bits per heavy atom. The predicted octanol–water partition coefficient (Wildman–Crippen LogP) is 14.8. The highest BCUT2D eigenvalue weighted by atomic mass is 16.3. The molecule has 12 aromatic rings. The normalized spacial score (nSPS) is 11.7. The molecule has 5 nitrogen and oxygen atoms in total. The zero-order valence-electron chi connectivity index (χ0n) is 32.2. The van der Waals surface area contributed by atoms with E-state index in [-0.39, 0.29) is 0 Å². The van der Waals surface area contributed by atoms with Crippen molar-refractivity contribution in [2.45, 2.75) is 0 Å². The standard InChI is InChI=1S/C55H33N3O2/c1-2-11-34(12-3-1)40-31-32-45-50(33-40)60-48-21-9-18-43(51(45)48)37-25-29-39(30-26-37)54-56-53(38-27-23-36(24-28-38)42-17-8-14-35-13-4-5-15-41(35)42)57-55(58-54)46-19-10-22-49-52(46)44-16-6-7-20-47(44)59-49/h1-33H. The summed E-state index contributed by atoms with van der Waals surface area (Å²) in [5, 5.41) is 6.61. The Balaban J connectivity index is 0.973. The minimum atomic E-state index is 0.582. The number of hydrogen-bond acceptors (Lipinski definition) is 5. The lowest BCUT2D eigenvalue weighted by atomic mass is 9.97. The second-order valence-electron chi connectivity index (χ2n) is 15.1. The lowest BCUT2D eigenvalue weighted by Crippen LogP contribution is -2.00. The summed E-state index contributed by atoms with van der Waals surface area (Å²) in [5.74, 6) is 1.77. The van der Waals surface area contributed by atoms with Crippen LogP contribution in [-0.2, 0) is 0 Å². The van der Waals surface area contributed by atoms with Crippen molar-refractivity contribution in [3.05, 3.63) is 200 Å². The molecule has 9 aromatic carbocycles. The van der Waals surface area contributed by atoms with Crippen molar-refractivity contribution in [2.75, 3.05) is 0 Å². The third-order valence-electron chi connectivity index (χ3n) is 11.6. The SMILES string of the molecule is c1ccc(-c2ccc3c(c2)oc2cccc(-c4ccc(-c5nc(-c6ccc(-c7cccc8ccccc78)cc6)nc(-c6cccc7oc8ccccc8c67)n5)cc4)c23)cc1. The summed E-state index contributed by atoms with van der Waals surface area (Å²) in [6.07, 6.45) is 0. The summed E-state index contributed by atoms with van der Waals surface area (Å²) < 4.78 is 12.7. The summed E-state index contributed by atoms with van der Waals surface area (Å²) in [6, 6.07) is 69.3. The van der Waals surface area contributed by atoms with Crippen LogP contribution in [0.2, 0.25) is 0 Å². The number of hydrogen-bond donors (Lipinski definition) is 0. The average Bonchev–Trinajstić information content (AvgIpc) is 3.90. The molecule has 0 aliphatic rings. The van der Waals surface area contributed by atoms with Gasteiger partial charge in [0.05, 0.1) is 0 Å². The van der Waals surface area contributed by atoms with Gasteiger partial charge in [0.25, 0.3) is 0 Å². The molecular formula is C55H33N3O2. The first kappa shape index (κ1) is 33.9. The zero-order chi connectivity index (χ0) is 39.6. The van der Waals surface area contributed by atoms with Crippen LogP contribution in [0.1, 0.15) is 0 Å². The molecule has 0 saturated heterocycles. The Labute approximate surface area is 344 Å². The van der Waals surface area contributed by atoms with Gasteiger partial charge in [0.1, 0.15) is 22.3 Å². The first-order valence-electron chi connectivity index (χ1n) is 20.1. The highest BCUT2D eigenvalue weighted by molar-refractivity contribution is 6.13. The first-order chi connectivity index (χ1) is 29.7. The Morgan fingerprint density at radius 3 is 1.50 bits per heavy atom. The smallest absolute Gasteiger partial charge is 0.164 e. The molecule has 5 heteroatoms. The van der Waals surface area contributed by atoms with Crippen molar-refractivity contribution in [1.29, 1.82) is 0 Å². The van der Waals surface area contributed by atoms with E-state index in [1.54, 1.807) is 0 Å². The van der Waals surface area contributed by atoms with Crippen molar-refractivity contribution >= 4 is 54.6 Å². The topological polar surface area (TPSA) is 65.0 Å². The zero-order valence-corrected chi connectivity index (χ0v) is 32.2. The maximum absolute atomic E-state index is 6.45. The van der Waals surface area contributed by atoms with E-state index in [9.17, 15) is 0 Å². The molecule has 0 amide bonds. The molecule has 0 saturated carbocycles. The molecule has 12 rings (SSSR count). The summed E-state index contributed by atoms with van der Waals surface area (Å²) in [7, 11) is 0. The monoisotopic (exact) mass is 767 g/mol. The van der Waals surface area contributed by atoms with Crippen LogP contribution in [0.5, 0.6) is 0 Å². The summed E-state index contributed by atoms with van der Waals surface area (Å²) in [5.41, 5.74) is 12.8. The van der Waals surface area contributed by atoms with E-state index >= 15 is 0 Å². The number of fused-ring (bicyclic) bond motifs is 7. The largest absolute Gasteiger partial charge is 0.456 e. The molecule has 0 aliphatic heterocycles. The lowest BCUT2D eigenvalue weighted by Gasteiger charge is -2.11. The van der Waals surface area contributed by atoms with Crippen molar-refractivity contribution in [3.63, 3.8) is 0 Å². The number of nitrogens with zero attached hydrogens (tertiary/aromatic N) is 3. The van der Waals surface area contributed by atoms with Gasteiger partial charge in [0.15, 0.2) is 17.5 Å². The Hall–Kier alpha value is -8.15. The Morgan fingerprint density at radius 2 is 0.750 bits per heavy atom. The van der Waals surface area contributed by atoms with Gasteiger partial charge in [-0.3, -0.25) is 0 Å². The van der Waals surface area contributed by atoms with E-state index in [1.807, 2.05) is 42.5 Å². The molecule has 0 aliphatic carbocycles. The van der Waals surface area contributed by atoms with Crippen LogP contribution in [-0.4, -0.2) is 15.0 Å². The van der Waals surface area contributed by atoms with Gasteiger partial charge in [-0.15, -0.1) is 0 Å². The number of para-hydroxylation sites is 1. The summed E-state index contributed by atoms with van der Waals surface area (Å²) >= 11 is 0. The molecule has 0 bridgehead atoms. The predicted molar refractivity (Wildman–Crippen MR) is 245 cm³/mol. The molecule has 0 spiro atoms. The van der Waals surface area contributed by atoms with Crippen LogP contribution in [0.3, 0.4) is 0 Å². The maximum Gasteiger partial charge on any atom is 0.164 e. The highest BCUT2D eigenvalue weighted by Crippen LogP contribution is 2.40. The first-order valence-corrected chi connectivity index (χ1v) is 20.1. The van der Waals surface area contributed by atoms with Crippen LogP contribution in [0.15, 0.2) is 209 Å². The highest BCUT2D eigenvalue weighted by Gasteiger charge is 2.19. The van der Waals surface area contributed by atoms with Gasteiger partial charge in [-0.1, -0.05) is 170 Å². The third kappa shape index (κ3) is 5.67. The number of aromatic nitrogens is 3. The fourth-order valence-corrected chi connectivity index (χ4v) is 8.67. The summed E-state index contributed by atoms with van der Waals surface area (Å²) in [4.78, 5) is 15.5. The Kier molecular flexibility index (Phi) is 7.78. The number of benzene rings is 9. The third-order valence-corrected chi connectivity index (χ3v) is 11.6. The minimum Gasteiger partial charge on any atom is -0.456 e. The second kappa shape index (κ2) is 13.8. The molecule has 0 atom stereocenters. The molecule has 0 N–H and O–H groups in total. The number of rotatable bonds is 6. The molecule has 0 unspecified atom stereocenters. The van der Waals surface area contributed by atoms with Crippen LogP contribution in [0.4, 0.5) is 0 Å². The fourth-order valence-electron chi connectivity index (χ4n) is 8.67. The van der Waals surface area contributed by atoms with E-state index in [2.05, 4.69) is 158 Å². The maximum atomic E-state index is 6.45. The molecular weight excluding hydrogens is 735 g/mol. The van der Waals surface area contributed by atoms with Crippen molar-refractivity contribution in [1.82, 2.24) is 15.0 Å². The molecule has 280 valence electrons. The molecule has 0 fully saturated rings. The van der Waals surface area contributed by atoms with Crippen molar-refractivity contribution < 1.29 is 8.83 Å². The molecule has 3 aromatic heterocycles. The quantitative estimate of drug-likeness (QED) is 0.169. The van der Waals surface area contributed by atoms with Crippen LogP contribution >= 0.6 is 0 Å². The number of furan rings is 2.